The van der Waals surface area contributed by atoms with Crippen molar-refractivity contribution in [1.29, 1.82) is 0 Å². The van der Waals surface area contributed by atoms with Crippen LogP contribution >= 0.6 is 0 Å². The molecule has 0 amide bonds. The Bertz CT molecular complexity index is 6260. The summed E-state index contributed by atoms with van der Waals surface area (Å²) in [7, 11) is -6.60. The first kappa shape index (κ1) is 36.0. The van der Waals surface area contributed by atoms with E-state index < -0.39 is 216 Å². The first-order chi connectivity index (χ1) is 55.9. The van der Waals surface area contributed by atoms with Crippen LogP contribution in [0, 0.1) is 18.5 Å². The topological polar surface area (TPSA) is 35.9 Å². The average molecular weight is 1430 g/mol. The van der Waals surface area contributed by atoms with Crippen LogP contribution in [0.2, 0.25) is 0 Å². The standard InChI is InChI=1S/C85H80N4OSi.Pt/c1-81(2,3)60-40-36-57(37-41-60)58-39-45-75-77(49-58)87(63-26-25-27-64(53-63)90-65-42-43-70-69-34-23-24-35-74(69)89(76(70)54-65)79-52-61(46-47-86-79)82(4,5)6)56-88(75)80-71(59-38-44-72-73(48-59)85(12,13)55-84(72,10)11)50-62(83(7,8)9)51-78(80)91(66-28-17-14-18-29-66,67-30-19-15-20-31-67)68-32-21-16-22-33-68;/h14-52H,55H2,1-13H3;/q-2;/i10D3,11D3,12D3,13D3,14D,15D,16D,17D,18D,19D,20D,21D,22D,28D,29D,30D,31D,32D,33D,38D,44D,48D;. The van der Waals surface area contributed by atoms with Gasteiger partial charge in [-0.1, -0.05) is 271 Å². The summed E-state index contributed by atoms with van der Waals surface area (Å²) in [5.41, 5.74) is -9.91. The van der Waals surface area contributed by atoms with E-state index in [0.717, 1.165) is 27.4 Å². The van der Waals surface area contributed by atoms with Gasteiger partial charge >= 0.3 is 0 Å². The van der Waals surface area contributed by atoms with Gasteiger partial charge < -0.3 is 13.9 Å². The number of para-hydroxylation sites is 1. The number of rotatable bonds is 11. The fraction of sp³-hybridized carbons (Fsp3) is 0.224. The van der Waals surface area contributed by atoms with Crippen molar-refractivity contribution in [2.24, 2.45) is 0 Å². The van der Waals surface area contributed by atoms with E-state index in [0.29, 0.717) is 22.5 Å². The molecule has 0 fully saturated rings. The minimum atomic E-state index is -6.60. The molecule has 1 aliphatic rings. The summed E-state index contributed by atoms with van der Waals surface area (Å²) < 4.78 is 301. The van der Waals surface area contributed by atoms with Crippen molar-refractivity contribution in [3.05, 3.63) is 283 Å². The summed E-state index contributed by atoms with van der Waals surface area (Å²) in [5.74, 6) is 0.828. The first-order valence-corrected chi connectivity index (χ1v) is 31.8. The Morgan fingerprint density at radius 1 is 0.543 bits per heavy atom. The molecule has 0 saturated carbocycles. The Morgan fingerprint density at radius 2 is 1.16 bits per heavy atom. The Balaban J connectivity index is 0.0000128. The Hall–Kier alpha value is -8.67. The van der Waals surface area contributed by atoms with Crippen LogP contribution in [0.15, 0.2) is 236 Å². The van der Waals surface area contributed by atoms with Gasteiger partial charge in [-0.25, -0.2) is 4.98 Å². The van der Waals surface area contributed by atoms with Crippen molar-refractivity contribution in [3.63, 3.8) is 0 Å². The third-order valence-corrected chi connectivity index (χ3v) is 21.2. The number of hydrogen-bond donors (Lipinski definition) is 0. The molecule has 0 radical (unpaired) electrons. The van der Waals surface area contributed by atoms with Gasteiger partial charge in [0, 0.05) is 60.7 Å². The van der Waals surface area contributed by atoms with E-state index in [4.69, 9.17) is 22.1 Å². The van der Waals surface area contributed by atoms with E-state index in [1.807, 2.05) is 92.1 Å². The molecule has 0 spiro atoms. The van der Waals surface area contributed by atoms with E-state index in [2.05, 4.69) is 39.2 Å². The first-order valence-electron chi connectivity index (χ1n) is 44.8. The van der Waals surface area contributed by atoms with Crippen LogP contribution in [0.25, 0.3) is 72.3 Å². The second-order valence-corrected chi connectivity index (χ2v) is 29.8. The van der Waals surface area contributed by atoms with Crippen molar-refractivity contribution in [3.8, 4) is 50.9 Å². The largest absolute Gasteiger partial charge is 0.510 e. The predicted molar refractivity (Wildman–Crippen MR) is 381 cm³/mol. The van der Waals surface area contributed by atoms with Gasteiger partial charge in [0.05, 0.1) is 41.4 Å². The third-order valence-electron chi connectivity index (χ3n) is 17.0. The van der Waals surface area contributed by atoms with Gasteiger partial charge in [0.2, 0.25) is 0 Å². The quantitative estimate of drug-likeness (QED) is 0.0560. The molecular formula is C85H80N4OPtSi-2. The van der Waals surface area contributed by atoms with Crippen molar-refractivity contribution in [1.82, 2.24) is 14.1 Å². The Morgan fingerprint density at radius 3 is 1.80 bits per heavy atom. The molecule has 0 bridgehead atoms. The molecule has 13 aromatic rings. The molecule has 0 saturated heterocycles. The Labute approximate surface area is 601 Å². The zero-order chi connectivity index (χ0) is 89.1. The van der Waals surface area contributed by atoms with Crippen LogP contribution in [0.5, 0.6) is 11.5 Å². The van der Waals surface area contributed by atoms with Crippen LogP contribution in [-0.4, -0.2) is 22.2 Å². The fourth-order valence-corrected chi connectivity index (χ4v) is 16.4. The van der Waals surface area contributed by atoms with Gasteiger partial charge in [0.1, 0.15) is 5.82 Å². The van der Waals surface area contributed by atoms with Crippen LogP contribution in [0.1, 0.15) is 165 Å². The van der Waals surface area contributed by atoms with E-state index in [1.54, 1.807) is 69.4 Å². The van der Waals surface area contributed by atoms with E-state index >= 15 is 0 Å². The van der Waals surface area contributed by atoms with Crippen LogP contribution < -0.4 is 30.1 Å². The monoisotopic (exact) mass is 1430 g/mol. The van der Waals surface area contributed by atoms with Gasteiger partial charge in [-0.05, 0) is 140 Å². The minimum absolute atomic E-state index is 0. The number of fused-ring (bicyclic) bond motifs is 5. The maximum atomic E-state index is 10.9. The summed E-state index contributed by atoms with van der Waals surface area (Å²) in [5, 5.41) is -2.02. The number of nitrogens with zero attached hydrogens (tertiary/aromatic N) is 4. The van der Waals surface area contributed by atoms with E-state index in [-0.39, 0.29) is 65.7 Å². The summed E-state index contributed by atoms with van der Waals surface area (Å²) in [6, 6.07) is 20.7. The molecule has 3 heterocycles. The van der Waals surface area contributed by atoms with Gasteiger partial charge in [0.25, 0.3) is 6.33 Å². The molecular weight excluding hydrogens is 1320 g/mol. The van der Waals surface area contributed by atoms with Crippen LogP contribution in [-0.2, 0) is 48.1 Å². The molecule has 0 atom stereocenters. The summed E-state index contributed by atoms with van der Waals surface area (Å²) in [6.45, 7) is 1.13. The zero-order valence-corrected chi connectivity index (χ0v) is 55.1. The van der Waals surface area contributed by atoms with Crippen molar-refractivity contribution < 1.29 is 71.5 Å². The molecule has 0 unspecified atom stereocenters. The van der Waals surface area contributed by atoms with Gasteiger partial charge in [-0.3, -0.25) is 4.57 Å². The van der Waals surface area contributed by atoms with E-state index in [1.165, 1.54) is 21.3 Å². The predicted octanol–water partition coefficient (Wildman–Crippen LogP) is 18.2. The molecule has 3 aromatic heterocycles. The number of hydrogen-bond acceptors (Lipinski definition) is 2. The SMILES string of the molecule is [2H]c1c([2H])c([2H])c([Si](c2cc(C(C)(C)C)cc(-c3c([2H])c([2H])c4c(c3[2H])C(C([2H])([2H])[2H])(C([2H])([2H])[2H])CC4(C([2H])([2H])[2H])C([2H])([2H])[2H])c2-[n+]2[c-]n(-c3[c-]c(Oc4[c-]c5c(cc4)c4ccccc4n5-c4cc(C(C)(C)C)ccn4)ccc3)c3cc(-c4ccc(C(C)(C)C)cc4)ccc32)(c2c([2H])c([2H])c([2H])c([2H])c2[2H])c2c([2H])c([2H])c([2H])c([2H])c2[2H])c([2H])c1[2H].[Pt]. The summed E-state index contributed by atoms with van der Waals surface area (Å²) >= 11 is 0. The number of benzene rings is 10. The number of imidazole rings is 1. The molecule has 0 N–H and O–H groups in total. The summed E-state index contributed by atoms with van der Waals surface area (Å²) in [4.78, 5) is 4.84. The Kier molecular flexibility index (Phi) is 9.05. The van der Waals surface area contributed by atoms with Gasteiger partial charge in [-0.2, -0.15) is 18.2 Å². The maximum Gasteiger partial charge on any atom is 0.268 e. The molecule has 5 nitrogen and oxygen atoms in total. The van der Waals surface area contributed by atoms with Crippen molar-refractivity contribution in [2.75, 3.05) is 0 Å². The molecule has 92 heavy (non-hydrogen) atoms. The number of pyridine rings is 1. The van der Waals surface area contributed by atoms with Crippen LogP contribution in [0.3, 0.4) is 0 Å². The van der Waals surface area contributed by atoms with Crippen molar-refractivity contribution in [2.45, 2.75) is 123 Å². The second-order valence-electron chi connectivity index (χ2n) is 26.3. The van der Waals surface area contributed by atoms with Gasteiger partial charge in [-0.15, -0.1) is 29.7 Å². The molecule has 14 rings (SSSR count). The number of aromatic nitrogens is 4. The second kappa shape index (κ2) is 23.2. The minimum Gasteiger partial charge on any atom is -0.510 e. The third kappa shape index (κ3) is 10.9. The molecule has 462 valence electrons. The average Bonchev–Trinajstić information content (AvgIpc) is 1.08. The molecule has 7 heteroatoms. The smallest absolute Gasteiger partial charge is 0.268 e. The van der Waals surface area contributed by atoms with Gasteiger partial charge in [0.15, 0.2) is 8.07 Å². The maximum absolute atomic E-state index is 10.9. The molecule has 1 aliphatic carbocycles. The summed E-state index contributed by atoms with van der Waals surface area (Å²) in [6.07, 6.45) is 3.31. The van der Waals surface area contributed by atoms with Crippen LogP contribution in [0.4, 0.5) is 0 Å². The normalized spacial score (nSPS) is 19.2. The number of ether oxygens (including phenoxy) is 1. The van der Waals surface area contributed by atoms with E-state index in [9.17, 15) is 28.8 Å². The molecule has 0 aliphatic heterocycles. The fourth-order valence-electron chi connectivity index (χ4n) is 12.4. The zero-order valence-electron chi connectivity index (χ0n) is 81.8. The molecule has 10 aromatic carbocycles. The van der Waals surface area contributed by atoms with Crippen molar-refractivity contribution >= 4 is 61.7 Å².